The van der Waals surface area contributed by atoms with Gasteiger partial charge in [-0.15, -0.1) is 0 Å². The molecule has 1 aliphatic rings. The summed E-state index contributed by atoms with van der Waals surface area (Å²) in [7, 11) is 0. The maximum absolute atomic E-state index is 12.5. The maximum Gasteiger partial charge on any atom is 0.253 e. The van der Waals surface area contributed by atoms with Crippen LogP contribution in [0.25, 0.3) is 0 Å². The van der Waals surface area contributed by atoms with E-state index < -0.39 is 0 Å². The number of piperidine rings is 1. The van der Waals surface area contributed by atoms with Crippen molar-refractivity contribution >= 4 is 33.4 Å². The summed E-state index contributed by atoms with van der Waals surface area (Å²) >= 11 is 3.37. The van der Waals surface area contributed by atoms with Crippen LogP contribution in [0.15, 0.2) is 53.3 Å². The molecule has 2 heterocycles. The second kappa shape index (κ2) is 7.57. The van der Waals surface area contributed by atoms with Crippen LogP contribution < -0.4 is 5.32 Å². The first-order valence-electron chi connectivity index (χ1n) is 7.89. The van der Waals surface area contributed by atoms with Crippen molar-refractivity contribution in [3.63, 3.8) is 0 Å². The molecule has 0 radical (unpaired) electrons. The van der Waals surface area contributed by atoms with Gasteiger partial charge in [0.2, 0.25) is 5.91 Å². The van der Waals surface area contributed by atoms with Crippen LogP contribution in [0, 0.1) is 5.92 Å². The molecule has 24 heavy (non-hydrogen) atoms. The Hall–Kier alpha value is -2.21. The van der Waals surface area contributed by atoms with Gasteiger partial charge in [-0.25, -0.2) is 0 Å². The van der Waals surface area contributed by atoms with E-state index in [2.05, 4.69) is 26.2 Å². The number of pyridine rings is 1. The first-order valence-corrected chi connectivity index (χ1v) is 8.68. The molecular weight excluding hydrogens is 370 g/mol. The van der Waals surface area contributed by atoms with Crippen molar-refractivity contribution in [2.75, 3.05) is 18.4 Å². The van der Waals surface area contributed by atoms with Gasteiger partial charge < -0.3 is 10.2 Å². The molecule has 1 aromatic heterocycles. The number of nitrogens with one attached hydrogen (secondary N) is 1. The van der Waals surface area contributed by atoms with E-state index in [9.17, 15) is 9.59 Å². The van der Waals surface area contributed by atoms with Crippen LogP contribution in [0.5, 0.6) is 0 Å². The van der Waals surface area contributed by atoms with E-state index in [0.717, 1.165) is 10.2 Å². The minimum Gasteiger partial charge on any atom is -0.339 e. The molecule has 1 N–H and O–H groups in total. The van der Waals surface area contributed by atoms with E-state index in [1.807, 2.05) is 29.2 Å². The summed E-state index contributed by atoms with van der Waals surface area (Å²) in [5, 5.41) is 2.91. The van der Waals surface area contributed by atoms with Crippen molar-refractivity contribution in [2.24, 2.45) is 5.92 Å². The molecule has 0 aliphatic carbocycles. The lowest BCUT2D eigenvalue weighted by molar-refractivity contribution is -0.121. The summed E-state index contributed by atoms with van der Waals surface area (Å²) < 4.78 is 0.950. The van der Waals surface area contributed by atoms with Crippen molar-refractivity contribution in [2.45, 2.75) is 12.8 Å². The lowest BCUT2D eigenvalue weighted by Gasteiger charge is -2.31. The fourth-order valence-electron chi connectivity index (χ4n) is 2.80. The quantitative estimate of drug-likeness (QED) is 0.878. The molecule has 1 aliphatic heterocycles. The normalized spacial score (nSPS) is 15.1. The van der Waals surface area contributed by atoms with Gasteiger partial charge in [-0.3, -0.25) is 14.6 Å². The topological polar surface area (TPSA) is 62.3 Å². The fourth-order valence-corrected chi connectivity index (χ4v) is 3.06. The van der Waals surface area contributed by atoms with Crippen LogP contribution in [0.1, 0.15) is 23.2 Å². The summed E-state index contributed by atoms with van der Waals surface area (Å²) in [5.41, 5.74) is 1.43. The number of rotatable bonds is 3. The molecule has 1 fully saturated rings. The molecule has 1 aromatic carbocycles. The summed E-state index contributed by atoms with van der Waals surface area (Å²) in [6, 6.07) is 10.9. The van der Waals surface area contributed by atoms with Gasteiger partial charge in [-0.1, -0.05) is 15.9 Å². The van der Waals surface area contributed by atoms with Gasteiger partial charge in [0.1, 0.15) is 0 Å². The number of amides is 2. The second-order valence-electron chi connectivity index (χ2n) is 5.80. The van der Waals surface area contributed by atoms with Crippen LogP contribution in [0.2, 0.25) is 0 Å². The highest BCUT2D eigenvalue weighted by atomic mass is 79.9. The minimum absolute atomic E-state index is 0.0111. The molecule has 0 unspecified atom stereocenters. The van der Waals surface area contributed by atoms with Crippen molar-refractivity contribution in [3.8, 4) is 0 Å². The van der Waals surface area contributed by atoms with Gasteiger partial charge in [0.15, 0.2) is 0 Å². The number of benzene rings is 1. The van der Waals surface area contributed by atoms with Crippen LogP contribution in [-0.2, 0) is 4.79 Å². The highest BCUT2D eigenvalue weighted by Crippen LogP contribution is 2.21. The van der Waals surface area contributed by atoms with E-state index in [1.54, 1.807) is 24.5 Å². The Labute approximate surface area is 149 Å². The van der Waals surface area contributed by atoms with Crippen LogP contribution in [0.4, 0.5) is 5.69 Å². The molecular formula is C18H18BrN3O2. The molecule has 1 saturated heterocycles. The number of carbonyl (C=O) groups is 2. The number of carbonyl (C=O) groups excluding carboxylic acids is 2. The monoisotopic (exact) mass is 387 g/mol. The Morgan fingerprint density at radius 3 is 2.29 bits per heavy atom. The van der Waals surface area contributed by atoms with Crippen molar-refractivity contribution in [1.29, 1.82) is 0 Å². The molecule has 6 heteroatoms. The summed E-state index contributed by atoms with van der Waals surface area (Å²) in [6.45, 7) is 1.20. The highest BCUT2D eigenvalue weighted by molar-refractivity contribution is 9.10. The number of likely N-dealkylation sites (tertiary alicyclic amines) is 1. The number of halogens is 1. The van der Waals surface area contributed by atoms with Gasteiger partial charge in [-0.2, -0.15) is 0 Å². The average Bonchev–Trinajstić information content (AvgIpc) is 2.63. The second-order valence-corrected chi connectivity index (χ2v) is 6.71. The van der Waals surface area contributed by atoms with E-state index in [-0.39, 0.29) is 17.7 Å². The molecule has 0 saturated carbocycles. The zero-order chi connectivity index (χ0) is 16.9. The Morgan fingerprint density at radius 2 is 1.67 bits per heavy atom. The lowest BCUT2D eigenvalue weighted by atomic mass is 9.95. The Morgan fingerprint density at radius 1 is 1.04 bits per heavy atom. The van der Waals surface area contributed by atoms with Gasteiger partial charge in [-0.05, 0) is 49.2 Å². The third kappa shape index (κ3) is 4.00. The van der Waals surface area contributed by atoms with E-state index >= 15 is 0 Å². The summed E-state index contributed by atoms with van der Waals surface area (Å²) in [5.74, 6) is -0.0282. The number of nitrogens with zero attached hydrogens (tertiary/aromatic N) is 2. The molecule has 2 aromatic rings. The van der Waals surface area contributed by atoms with E-state index in [1.165, 1.54) is 0 Å². The lowest BCUT2D eigenvalue weighted by Crippen LogP contribution is -2.41. The summed E-state index contributed by atoms with van der Waals surface area (Å²) in [6.07, 6.45) is 4.66. The maximum atomic E-state index is 12.5. The highest BCUT2D eigenvalue weighted by Gasteiger charge is 2.27. The number of hydrogen-bond acceptors (Lipinski definition) is 3. The first-order chi connectivity index (χ1) is 11.6. The van der Waals surface area contributed by atoms with Gasteiger partial charge in [0, 0.05) is 47.1 Å². The van der Waals surface area contributed by atoms with Gasteiger partial charge in [0.25, 0.3) is 5.91 Å². The molecule has 2 amide bonds. The smallest absolute Gasteiger partial charge is 0.253 e. The molecule has 5 nitrogen and oxygen atoms in total. The molecule has 3 rings (SSSR count). The van der Waals surface area contributed by atoms with Crippen molar-refractivity contribution in [1.82, 2.24) is 9.88 Å². The minimum atomic E-state index is -0.0628. The molecule has 0 atom stereocenters. The SMILES string of the molecule is O=C(Nc1ccncc1)C1CCN(C(=O)c2ccc(Br)cc2)CC1. The van der Waals surface area contributed by atoms with Crippen LogP contribution >= 0.6 is 15.9 Å². The molecule has 124 valence electrons. The Bertz CT molecular complexity index is 711. The predicted octanol–water partition coefficient (Wildman–Crippen LogP) is 3.34. The zero-order valence-electron chi connectivity index (χ0n) is 13.1. The predicted molar refractivity (Wildman–Crippen MR) is 95.6 cm³/mol. The average molecular weight is 388 g/mol. The van der Waals surface area contributed by atoms with Gasteiger partial charge in [0.05, 0.1) is 0 Å². The fraction of sp³-hybridized carbons (Fsp3) is 0.278. The van der Waals surface area contributed by atoms with E-state index in [4.69, 9.17) is 0 Å². The zero-order valence-corrected chi connectivity index (χ0v) is 14.7. The largest absolute Gasteiger partial charge is 0.339 e. The number of hydrogen-bond donors (Lipinski definition) is 1. The molecule has 0 spiro atoms. The third-order valence-electron chi connectivity index (χ3n) is 4.19. The van der Waals surface area contributed by atoms with Crippen molar-refractivity contribution in [3.05, 3.63) is 58.8 Å². The molecule has 0 bridgehead atoms. The van der Waals surface area contributed by atoms with Crippen molar-refractivity contribution < 1.29 is 9.59 Å². The van der Waals surface area contributed by atoms with Crippen LogP contribution in [0.3, 0.4) is 0 Å². The Balaban J connectivity index is 1.54. The number of aromatic nitrogens is 1. The standard InChI is InChI=1S/C18H18BrN3O2/c19-15-3-1-14(2-4-15)18(24)22-11-7-13(8-12-22)17(23)21-16-5-9-20-10-6-16/h1-6,9-10,13H,7-8,11-12H2,(H,20,21,23). The van der Waals surface area contributed by atoms with E-state index in [0.29, 0.717) is 31.5 Å². The summed E-state index contributed by atoms with van der Waals surface area (Å²) in [4.78, 5) is 30.5. The number of anilines is 1. The first kappa shape index (κ1) is 16.6. The third-order valence-corrected chi connectivity index (χ3v) is 4.72. The van der Waals surface area contributed by atoms with Gasteiger partial charge >= 0.3 is 0 Å². The van der Waals surface area contributed by atoms with Crippen LogP contribution in [-0.4, -0.2) is 34.8 Å². The Kier molecular flexibility index (Phi) is 5.25.